The van der Waals surface area contributed by atoms with Crippen molar-refractivity contribution < 1.29 is 71.2 Å². The van der Waals surface area contributed by atoms with Crippen LogP contribution in [-0.2, 0) is 28.9 Å². The Morgan fingerprint density at radius 3 is 2.47 bits per heavy atom. The topological polar surface area (TPSA) is 154 Å². The Bertz CT molecular complexity index is 662. The van der Waals surface area contributed by atoms with Crippen LogP contribution in [0, 0.1) is 17.8 Å². The molecular formula is C18H32NNaO9S. The van der Waals surface area contributed by atoms with E-state index in [1.54, 1.807) is 0 Å². The van der Waals surface area contributed by atoms with E-state index in [0.717, 1.165) is 19.3 Å². The van der Waals surface area contributed by atoms with Crippen LogP contribution in [0.2, 0.25) is 0 Å². The van der Waals surface area contributed by atoms with Crippen LogP contribution < -0.4 is 34.9 Å². The van der Waals surface area contributed by atoms with Gasteiger partial charge in [-0.3, -0.25) is 8.98 Å². The van der Waals surface area contributed by atoms with E-state index in [2.05, 4.69) is 30.3 Å². The molecule has 30 heavy (non-hydrogen) atoms. The van der Waals surface area contributed by atoms with Crippen LogP contribution in [0.15, 0.2) is 0 Å². The second kappa shape index (κ2) is 11.9. The van der Waals surface area contributed by atoms with Gasteiger partial charge in [-0.15, -0.1) is 0 Å². The molecule has 3 N–H and O–H groups in total. The van der Waals surface area contributed by atoms with Crippen molar-refractivity contribution in [3.8, 4) is 0 Å². The Balaban J connectivity index is 0.00000450. The molecule has 1 saturated carbocycles. The van der Waals surface area contributed by atoms with Crippen LogP contribution in [0.1, 0.15) is 47.0 Å². The minimum Gasteiger partial charge on any atom is -0.726 e. The summed E-state index contributed by atoms with van der Waals surface area (Å²) in [4.78, 5) is 11.7. The normalized spacial score (nSPS) is 37.5. The van der Waals surface area contributed by atoms with Crippen molar-refractivity contribution >= 4 is 16.3 Å². The Kier molecular flexibility index (Phi) is 11.2. The zero-order valence-corrected chi connectivity index (χ0v) is 21.0. The molecule has 0 unspecified atom stereocenters. The standard InChI is InChI=1S/C18H33NO9S.Na/c1-9(2)12-6-5-10(3)7-13(12)26-18-15(19-11(4)21)16(22)17(14(8-20)27-18)28-29(23,24)25;/h9-10,12-18,20,22H,5-8H2,1-4H3,(H,19,21)(H,23,24,25);/q;+1/p-1/t10-,12+,13-,14+,15+,16+,17-,18+;/m0./s1. The minimum atomic E-state index is -5.18. The monoisotopic (exact) mass is 461 g/mol. The number of aliphatic hydroxyl groups excluding tert-OH is 2. The van der Waals surface area contributed by atoms with Crippen LogP contribution in [0.3, 0.4) is 0 Å². The Morgan fingerprint density at radius 2 is 1.97 bits per heavy atom. The quantitative estimate of drug-likeness (QED) is 0.203. The summed E-state index contributed by atoms with van der Waals surface area (Å²) in [7, 11) is -5.18. The van der Waals surface area contributed by atoms with E-state index in [9.17, 15) is 28.0 Å². The molecule has 1 aliphatic heterocycles. The molecule has 1 heterocycles. The molecule has 0 aromatic heterocycles. The number of amides is 1. The second-order valence-corrected chi connectivity index (χ2v) is 9.42. The molecule has 0 radical (unpaired) electrons. The molecule has 2 rings (SSSR count). The fourth-order valence-electron chi connectivity index (χ4n) is 4.27. The molecule has 8 atom stereocenters. The van der Waals surface area contributed by atoms with Gasteiger partial charge >= 0.3 is 29.6 Å². The summed E-state index contributed by atoms with van der Waals surface area (Å²) in [5.41, 5.74) is 0. The fourth-order valence-corrected chi connectivity index (χ4v) is 4.78. The van der Waals surface area contributed by atoms with Gasteiger partial charge in [0, 0.05) is 6.92 Å². The molecule has 170 valence electrons. The first-order valence-corrected chi connectivity index (χ1v) is 11.3. The van der Waals surface area contributed by atoms with Crippen LogP contribution in [0.25, 0.3) is 0 Å². The van der Waals surface area contributed by atoms with E-state index in [0.29, 0.717) is 11.8 Å². The van der Waals surface area contributed by atoms with Gasteiger partial charge in [0.05, 0.1) is 12.7 Å². The van der Waals surface area contributed by atoms with Gasteiger partial charge in [-0.25, -0.2) is 8.42 Å². The summed E-state index contributed by atoms with van der Waals surface area (Å²) in [5.74, 6) is 0.511. The first-order chi connectivity index (χ1) is 13.4. The molecule has 1 saturated heterocycles. The summed E-state index contributed by atoms with van der Waals surface area (Å²) < 4.78 is 49.4. The SMILES string of the molecule is CC(=O)N[C@H]1[C@H](O[C@H]2C[C@@H](C)CC[C@@H]2C(C)C)O[C@H](CO)[C@H](OS(=O)(=O)[O-])[C@@H]1O.[Na+]. The van der Waals surface area contributed by atoms with Gasteiger partial charge in [-0.1, -0.05) is 27.2 Å². The Labute approximate surface area is 200 Å². The summed E-state index contributed by atoms with van der Waals surface area (Å²) >= 11 is 0. The number of carbonyl (C=O) groups excluding carboxylic acids is 1. The van der Waals surface area contributed by atoms with Gasteiger partial charge < -0.3 is 29.6 Å². The average Bonchev–Trinajstić information content (AvgIpc) is 2.59. The molecule has 0 aromatic carbocycles. The predicted molar refractivity (Wildman–Crippen MR) is 100 cm³/mol. The Morgan fingerprint density at radius 1 is 1.33 bits per heavy atom. The number of carbonyl (C=O) groups is 1. The molecule has 0 spiro atoms. The first-order valence-electron chi connectivity index (χ1n) is 9.94. The zero-order valence-electron chi connectivity index (χ0n) is 18.2. The zero-order chi connectivity index (χ0) is 21.9. The van der Waals surface area contributed by atoms with Crippen molar-refractivity contribution in [1.29, 1.82) is 0 Å². The van der Waals surface area contributed by atoms with Gasteiger partial charge in [0.1, 0.15) is 24.4 Å². The van der Waals surface area contributed by atoms with Gasteiger partial charge in [-0.05, 0) is 30.6 Å². The summed E-state index contributed by atoms with van der Waals surface area (Å²) in [6.07, 6.45) is -3.17. The number of ether oxygens (including phenoxy) is 2. The molecule has 0 aromatic rings. The van der Waals surface area contributed by atoms with Gasteiger partial charge in [0.2, 0.25) is 16.3 Å². The molecule has 2 fully saturated rings. The van der Waals surface area contributed by atoms with Gasteiger partial charge in [0.25, 0.3) is 0 Å². The minimum absolute atomic E-state index is 0. The number of rotatable bonds is 7. The van der Waals surface area contributed by atoms with Crippen molar-refractivity contribution in [1.82, 2.24) is 5.32 Å². The van der Waals surface area contributed by atoms with Crippen LogP contribution in [0.5, 0.6) is 0 Å². The smallest absolute Gasteiger partial charge is 0.726 e. The first kappa shape index (κ1) is 28.2. The molecule has 2 aliphatic rings. The third kappa shape index (κ3) is 7.65. The van der Waals surface area contributed by atoms with Crippen molar-refractivity contribution in [3.05, 3.63) is 0 Å². The van der Waals surface area contributed by atoms with E-state index >= 15 is 0 Å². The molecule has 1 aliphatic carbocycles. The maximum absolute atomic E-state index is 11.7. The number of nitrogens with one attached hydrogen (secondary N) is 1. The van der Waals surface area contributed by atoms with Crippen molar-refractivity contribution in [2.75, 3.05) is 6.61 Å². The maximum atomic E-state index is 11.7. The molecule has 10 nitrogen and oxygen atoms in total. The van der Waals surface area contributed by atoms with Gasteiger partial charge in [0.15, 0.2) is 6.29 Å². The number of aliphatic hydroxyl groups is 2. The van der Waals surface area contributed by atoms with Crippen molar-refractivity contribution in [2.24, 2.45) is 17.8 Å². The third-order valence-corrected chi connectivity index (χ3v) is 6.18. The predicted octanol–water partition coefficient (Wildman–Crippen LogP) is -3.10. The average molecular weight is 462 g/mol. The summed E-state index contributed by atoms with van der Waals surface area (Å²) in [5, 5.41) is 22.7. The van der Waals surface area contributed by atoms with Crippen LogP contribution in [0.4, 0.5) is 0 Å². The molecule has 1 amide bonds. The van der Waals surface area contributed by atoms with Crippen LogP contribution in [-0.4, -0.2) is 72.4 Å². The van der Waals surface area contributed by atoms with E-state index < -0.39 is 53.6 Å². The molecular weight excluding hydrogens is 429 g/mol. The largest absolute Gasteiger partial charge is 1.00 e. The maximum Gasteiger partial charge on any atom is 1.00 e. The number of hydrogen-bond donors (Lipinski definition) is 3. The van der Waals surface area contributed by atoms with Crippen molar-refractivity contribution in [2.45, 2.75) is 83.7 Å². The molecule has 12 heteroatoms. The van der Waals surface area contributed by atoms with E-state index in [4.69, 9.17) is 9.47 Å². The van der Waals surface area contributed by atoms with E-state index in [1.165, 1.54) is 6.92 Å². The van der Waals surface area contributed by atoms with Gasteiger partial charge in [-0.2, -0.15) is 0 Å². The van der Waals surface area contributed by atoms with E-state index in [1.807, 2.05) is 0 Å². The molecule has 0 bridgehead atoms. The Hall–Kier alpha value is 0.180. The van der Waals surface area contributed by atoms with Crippen LogP contribution >= 0.6 is 0 Å². The second-order valence-electron chi connectivity index (χ2n) is 8.41. The third-order valence-electron chi connectivity index (χ3n) is 5.72. The van der Waals surface area contributed by atoms with Crippen molar-refractivity contribution in [3.63, 3.8) is 0 Å². The summed E-state index contributed by atoms with van der Waals surface area (Å²) in [6.45, 7) is 6.82. The van der Waals surface area contributed by atoms with E-state index in [-0.39, 0.29) is 41.6 Å². The number of hydrogen-bond acceptors (Lipinski definition) is 9. The summed E-state index contributed by atoms with van der Waals surface area (Å²) in [6, 6.07) is -1.17. The fraction of sp³-hybridized carbons (Fsp3) is 0.944.